The Bertz CT molecular complexity index is 372. The number of aliphatic hydroxyl groups excluding tert-OH is 1. The molecule has 1 unspecified atom stereocenters. The van der Waals surface area contributed by atoms with Crippen LogP contribution < -0.4 is 15.8 Å². The fraction of sp³-hybridized carbons (Fsp3) is 0.636. The Morgan fingerprint density at radius 3 is 2.76 bits per heavy atom. The predicted molar refractivity (Wildman–Crippen MR) is 67.0 cm³/mol. The van der Waals surface area contributed by atoms with Gasteiger partial charge in [-0.3, -0.25) is 0 Å². The van der Waals surface area contributed by atoms with Crippen LogP contribution in [0.1, 0.15) is 26.7 Å². The Kier molecular flexibility index (Phi) is 4.51. The summed E-state index contributed by atoms with van der Waals surface area (Å²) in [6.45, 7) is 4.16. The number of aromatic nitrogens is 2. The number of rotatable bonds is 6. The van der Waals surface area contributed by atoms with Crippen molar-refractivity contribution >= 4 is 11.5 Å². The zero-order valence-electron chi connectivity index (χ0n) is 10.5. The van der Waals surface area contributed by atoms with Crippen LogP contribution in [0.5, 0.6) is 5.88 Å². The Balaban J connectivity index is 2.93. The first-order chi connectivity index (χ1) is 8.06. The van der Waals surface area contributed by atoms with E-state index in [0.717, 1.165) is 6.42 Å². The van der Waals surface area contributed by atoms with Crippen LogP contribution >= 0.6 is 0 Å². The molecule has 1 heterocycles. The number of hydrogen-bond donors (Lipinski definition) is 3. The van der Waals surface area contributed by atoms with Crippen LogP contribution in [0.3, 0.4) is 0 Å². The zero-order valence-corrected chi connectivity index (χ0v) is 10.5. The average molecular weight is 240 g/mol. The van der Waals surface area contributed by atoms with Gasteiger partial charge in [0.25, 0.3) is 0 Å². The molecule has 4 N–H and O–H groups in total. The minimum Gasteiger partial charge on any atom is -0.479 e. The maximum Gasteiger partial charge on any atom is 0.242 e. The van der Waals surface area contributed by atoms with Crippen molar-refractivity contribution in [2.24, 2.45) is 0 Å². The van der Waals surface area contributed by atoms with Gasteiger partial charge in [-0.05, 0) is 19.8 Å². The highest BCUT2D eigenvalue weighted by Crippen LogP contribution is 2.28. The molecule has 6 heteroatoms. The van der Waals surface area contributed by atoms with E-state index >= 15 is 0 Å². The topological polar surface area (TPSA) is 93.3 Å². The lowest BCUT2D eigenvalue weighted by atomic mass is 9.95. The molecule has 0 aliphatic heterocycles. The lowest BCUT2D eigenvalue weighted by Crippen LogP contribution is -2.35. The Hall–Kier alpha value is -1.56. The minimum absolute atomic E-state index is 0.111. The summed E-state index contributed by atoms with van der Waals surface area (Å²) in [4.78, 5) is 8.00. The maximum absolute atomic E-state index is 9.05. The number of nitrogens with one attached hydrogen (secondary N) is 1. The molecule has 0 saturated carbocycles. The van der Waals surface area contributed by atoms with Gasteiger partial charge in [-0.1, -0.05) is 6.92 Å². The number of nitrogens with two attached hydrogens (primary N) is 1. The summed E-state index contributed by atoms with van der Waals surface area (Å²) in [6.07, 6.45) is 2.86. The number of ether oxygens (including phenoxy) is 1. The van der Waals surface area contributed by atoms with Crippen molar-refractivity contribution in [1.82, 2.24) is 9.97 Å². The molecular weight excluding hydrogens is 220 g/mol. The molecule has 1 aromatic rings. The molecule has 0 radical (unpaired) electrons. The number of methoxy groups -OCH3 is 1. The van der Waals surface area contributed by atoms with E-state index < -0.39 is 0 Å². The second-order valence-corrected chi connectivity index (χ2v) is 4.16. The van der Waals surface area contributed by atoms with Gasteiger partial charge in [0.1, 0.15) is 12.0 Å². The molecule has 96 valence electrons. The molecule has 0 spiro atoms. The van der Waals surface area contributed by atoms with E-state index in [1.807, 2.05) is 13.8 Å². The van der Waals surface area contributed by atoms with Crippen molar-refractivity contribution in [3.05, 3.63) is 6.33 Å². The normalized spacial score (nSPS) is 14.1. The van der Waals surface area contributed by atoms with Crippen molar-refractivity contribution in [1.29, 1.82) is 0 Å². The van der Waals surface area contributed by atoms with Crippen molar-refractivity contribution in [2.75, 3.05) is 24.8 Å². The highest BCUT2D eigenvalue weighted by Gasteiger charge is 2.23. The third kappa shape index (κ3) is 3.20. The number of aliphatic hydroxyl groups is 1. The molecular formula is C11H20N4O2. The number of hydrogen-bond acceptors (Lipinski definition) is 6. The van der Waals surface area contributed by atoms with Crippen LogP contribution in [0.2, 0.25) is 0 Å². The van der Waals surface area contributed by atoms with Gasteiger partial charge in [0.05, 0.1) is 7.11 Å². The van der Waals surface area contributed by atoms with Gasteiger partial charge < -0.3 is 20.9 Å². The van der Waals surface area contributed by atoms with Gasteiger partial charge in [-0.25, -0.2) is 4.98 Å². The number of anilines is 2. The first kappa shape index (κ1) is 13.5. The lowest BCUT2D eigenvalue weighted by Gasteiger charge is -2.30. The second-order valence-electron chi connectivity index (χ2n) is 4.16. The summed E-state index contributed by atoms with van der Waals surface area (Å²) < 4.78 is 5.03. The molecule has 0 amide bonds. The first-order valence-electron chi connectivity index (χ1n) is 5.60. The highest BCUT2D eigenvalue weighted by atomic mass is 16.5. The molecule has 6 nitrogen and oxygen atoms in total. The van der Waals surface area contributed by atoms with E-state index in [2.05, 4.69) is 15.3 Å². The monoisotopic (exact) mass is 240 g/mol. The van der Waals surface area contributed by atoms with Crippen LogP contribution in [-0.4, -0.2) is 34.3 Å². The van der Waals surface area contributed by atoms with E-state index in [0.29, 0.717) is 23.8 Å². The van der Waals surface area contributed by atoms with E-state index in [-0.39, 0.29) is 12.1 Å². The molecule has 0 aliphatic rings. The molecule has 1 aromatic heterocycles. The summed E-state index contributed by atoms with van der Waals surface area (Å²) in [5.74, 6) is 0.889. The van der Waals surface area contributed by atoms with Crippen LogP contribution in [0, 0.1) is 0 Å². The van der Waals surface area contributed by atoms with E-state index in [1.54, 1.807) is 0 Å². The number of nitrogens with zero attached hydrogens (tertiary/aromatic N) is 2. The quantitative estimate of drug-likeness (QED) is 0.687. The van der Waals surface area contributed by atoms with Crippen molar-refractivity contribution in [3.63, 3.8) is 0 Å². The van der Waals surface area contributed by atoms with Crippen molar-refractivity contribution in [3.8, 4) is 5.88 Å². The fourth-order valence-electron chi connectivity index (χ4n) is 1.50. The molecule has 0 aliphatic carbocycles. The van der Waals surface area contributed by atoms with Gasteiger partial charge in [0.2, 0.25) is 5.88 Å². The minimum atomic E-state index is -0.248. The van der Waals surface area contributed by atoms with Crippen molar-refractivity contribution < 1.29 is 9.84 Å². The van der Waals surface area contributed by atoms with Gasteiger partial charge >= 0.3 is 0 Å². The largest absolute Gasteiger partial charge is 0.479 e. The second kappa shape index (κ2) is 5.67. The van der Waals surface area contributed by atoms with Gasteiger partial charge in [0.15, 0.2) is 5.82 Å². The molecule has 1 atom stereocenters. The van der Waals surface area contributed by atoms with E-state index in [1.165, 1.54) is 13.4 Å². The molecule has 0 bridgehead atoms. The van der Waals surface area contributed by atoms with Gasteiger partial charge in [-0.15, -0.1) is 0 Å². The molecule has 17 heavy (non-hydrogen) atoms. The standard InChI is InChI=1S/C11H20N4O2/c1-4-11(2,5-6-16)15-9-8(12)10(17-3)14-7-13-9/h7,16H,4-6,12H2,1-3H3,(H,13,14,15). The Morgan fingerprint density at radius 1 is 1.53 bits per heavy atom. The SMILES string of the molecule is CCC(C)(CCO)Nc1ncnc(OC)c1N. The van der Waals surface area contributed by atoms with Crippen LogP contribution in [0.25, 0.3) is 0 Å². The van der Waals surface area contributed by atoms with Crippen LogP contribution in [-0.2, 0) is 0 Å². The zero-order chi connectivity index (χ0) is 12.9. The first-order valence-corrected chi connectivity index (χ1v) is 5.60. The summed E-state index contributed by atoms with van der Waals surface area (Å²) >= 11 is 0. The van der Waals surface area contributed by atoms with E-state index in [4.69, 9.17) is 15.6 Å². The lowest BCUT2D eigenvalue weighted by molar-refractivity contribution is 0.252. The fourth-order valence-corrected chi connectivity index (χ4v) is 1.50. The average Bonchev–Trinajstić information content (AvgIpc) is 2.32. The molecule has 0 saturated heterocycles. The predicted octanol–water partition coefficient (Wildman–Crippen LogP) is 1.03. The van der Waals surface area contributed by atoms with E-state index in [9.17, 15) is 0 Å². The van der Waals surface area contributed by atoms with Crippen molar-refractivity contribution in [2.45, 2.75) is 32.2 Å². The third-order valence-corrected chi connectivity index (χ3v) is 2.90. The van der Waals surface area contributed by atoms with Crippen LogP contribution in [0.4, 0.5) is 11.5 Å². The summed E-state index contributed by atoms with van der Waals surface area (Å²) in [7, 11) is 1.51. The van der Waals surface area contributed by atoms with Crippen LogP contribution in [0.15, 0.2) is 6.33 Å². The Labute approximate surface area is 101 Å². The molecule has 0 aromatic carbocycles. The highest BCUT2D eigenvalue weighted by molar-refractivity contribution is 5.67. The number of nitrogen functional groups attached to an aromatic ring is 1. The summed E-state index contributed by atoms with van der Waals surface area (Å²) in [5, 5.41) is 12.3. The van der Waals surface area contributed by atoms with Gasteiger partial charge in [-0.2, -0.15) is 4.98 Å². The van der Waals surface area contributed by atoms with Gasteiger partial charge in [0, 0.05) is 12.1 Å². The smallest absolute Gasteiger partial charge is 0.242 e. The maximum atomic E-state index is 9.05. The summed E-state index contributed by atoms with van der Waals surface area (Å²) in [5.41, 5.74) is 6.01. The summed E-state index contributed by atoms with van der Waals surface area (Å²) in [6, 6.07) is 0. The Morgan fingerprint density at radius 2 is 2.24 bits per heavy atom. The third-order valence-electron chi connectivity index (χ3n) is 2.90. The molecule has 1 rings (SSSR count). The molecule has 0 fully saturated rings.